The van der Waals surface area contributed by atoms with E-state index >= 15 is 0 Å². The Balaban J connectivity index is 1.43. The summed E-state index contributed by atoms with van der Waals surface area (Å²) in [6, 6.07) is 7.47. The van der Waals surface area contributed by atoms with Crippen molar-refractivity contribution in [1.29, 1.82) is 0 Å². The first kappa shape index (κ1) is 21.2. The van der Waals surface area contributed by atoms with Crippen LogP contribution < -0.4 is 0 Å². The van der Waals surface area contributed by atoms with E-state index in [9.17, 15) is 4.79 Å². The maximum Gasteiger partial charge on any atom is 0.477 e. The van der Waals surface area contributed by atoms with Gasteiger partial charge in [0.05, 0.1) is 22.5 Å². The Morgan fingerprint density at radius 1 is 1.31 bits per heavy atom. The van der Waals surface area contributed by atoms with Crippen molar-refractivity contribution in [1.82, 2.24) is 0 Å². The normalized spacial score (nSPS) is 33.6. The molecule has 1 aromatic rings. The molecule has 0 N–H and O–H groups in total. The molecule has 0 spiro atoms. The fourth-order valence-corrected chi connectivity index (χ4v) is 5.83. The monoisotopic (exact) mass is 418 g/mol. The lowest BCUT2D eigenvalue weighted by Crippen LogP contribution is -2.65. The third-order valence-corrected chi connectivity index (χ3v) is 7.62. The molecule has 4 nitrogen and oxygen atoms in total. The Bertz CT molecular complexity index is 804. The molecule has 0 unspecified atom stereocenters. The fraction of sp³-hybridized carbons (Fsp3) is 0.696. The highest BCUT2D eigenvalue weighted by Crippen LogP contribution is 2.65. The van der Waals surface area contributed by atoms with E-state index in [2.05, 4.69) is 20.8 Å². The Kier molecular flexibility index (Phi) is 5.12. The molecule has 0 aromatic heterocycles. The highest BCUT2D eigenvalue weighted by Gasteiger charge is 2.68. The van der Waals surface area contributed by atoms with Crippen molar-refractivity contribution < 1.29 is 18.8 Å². The van der Waals surface area contributed by atoms with Crippen molar-refractivity contribution in [3.8, 4) is 0 Å². The summed E-state index contributed by atoms with van der Waals surface area (Å²) in [6.45, 7) is 12.5. The molecular formula is C23H32BClO4. The molecule has 3 saturated carbocycles. The Morgan fingerprint density at radius 2 is 2.03 bits per heavy atom. The van der Waals surface area contributed by atoms with Crippen LogP contribution in [-0.4, -0.2) is 35.7 Å². The van der Waals surface area contributed by atoms with Crippen molar-refractivity contribution in [2.75, 3.05) is 0 Å². The van der Waals surface area contributed by atoms with Gasteiger partial charge in [0.2, 0.25) is 0 Å². The topological polar surface area (TPSA) is 44.8 Å². The van der Waals surface area contributed by atoms with Gasteiger partial charge in [-0.3, -0.25) is 0 Å². The summed E-state index contributed by atoms with van der Waals surface area (Å²) in [4.78, 5) is 12.4. The van der Waals surface area contributed by atoms with Gasteiger partial charge in [0, 0.05) is 0 Å². The van der Waals surface area contributed by atoms with Gasteiger partial charge in [0.15, 0.2) is 0 Å². The minimum atomic E-state index is -0.520. The lowest BCUT2D eigenvalue weighted by molar-refractivity contribution is -0.199. The van der Waals surface area contributed by atoms with Gasteiger partial charge >= 0.3 is 13.1 Å². The molecule has 158 valence electrons. The van der Waals surface area contributed by atoms with E-state index in [4.69, 9.17) is 25.6 Å². The second kappa shape index (κ2) is 7.00. The number of hydrogen-bond acceptors (Lipinski definition) is 4. The zero-order valence-electron chi connectivity index (χ0n) is 18.3. The van der Waals surface area contributed by atoms with Crippen LogP contribution in [0.2, 0.25) is 0 Å². The number of rotatable bonds is 4. The lowest BCUT2D eigenvalue weighted by Gasteiger charge is -2.64. The predicted molar refractivity (Wildman–Crippen MR) is 115 cm³/mol. The number of alkyl halides is 1. The molecule has 1 heterocycles. The third kappa shape index (κ3) is 3.75. The second-order valence-electron chi connectivity index (χ2n) is 10.8. The third-order valence-electron chi connectivity index (χ3n) is 7.26. The summed E-state index contributed by atoms with van der Waals surface area (Å²) < 4.78 is 18.2. The van der Waals surface area contributed by atoms with Gasteiger partial charge in [-0.25, -0.2) is 4.79 Å². The van der Waals surface area contributed by atoms with Crippen LogP contribution in [0.3, 0.4) is 0 Å². The van der Waals surface area contributed by atoms with E-state index < -0.39 is 12.7 Å². The summed E-state index contributed by atoms with van der Waals surface area (Å²) in [5.74, 6) is 0.912. The molecule has 5 rings (SSSR count). The number of esters is 1. The fourth-order valence-electron chi connectivity index (χ4n) is 5.54. The number of carbonyl (C=O) groups is 1. The first-order valence-corrected chi connectivity index (χ1v) is 11.1. The summed E-state index contributed by atoms with van der Waals surface area (Å²) in [5, 5.41) is -0.313. The first-order valence-electron chi connectivity index (χ1n) is 10.7. The Hall–Kier alpha value is -1.04. The summed E-state index contributed by atoms with van der Waals surface area (Å²) >= 11 is 6.75. The predicted octanol–water partition coefficient (Wildman–Crippen LogP) is 5.06. The van der Waals surface area contributed by atoms with Crippen LogP contribution in [0.4, 0.5) is 0 Å². The van der Waals surface area contributed by atoms with Crippen LogP contribution in [0, 0.1) is 17.3 Å². The molecule has 6 heteroatoms. The van der Waals surface area contributed by atoms with Gasteiger partial charge in [0.1, 0.15) is 5.60 Å². The minimum absolute atomic E-state index is 0.124. The van der Waals surface area contributed by atoms with Crippen LogP contribution in [0.5, 0.6) is 0 Å². The highest BCUT2D eigenvalue weighted by molar-refractivity contribution is 6.60. The zero-order chi connectivity index (χ0) is 21.2. The van der Waals surface area contributed by atoms with Crippen LogP contribution in [0.1, 0.15) is 70.3 Å². The quantitative estimate of drug-likeness (QED) is 0.389. The maximum atomic E-state index is 12.4. The SMILES string of the molecule is CC(C)(C)OC(=O)c1cccc(C[C@@H](Cl)B2O[C@@H]3C[C@@H]4C[C@@H](C4(C)C)[C@]3(C)O2)c1. The van der Waals surface area contributed by atoms with E-state index in [1.165, 1.54) is 6.42 Å². The summed E-state index contributed by atoms with van der Waals surface area (Å²) in [6.07, 6.45) is 2.97. The largest absolute Gasteiger partial charge is 0.477 e. The van der Waals surface area contributed by atoms with Gasteiger partial charge in [-0.1, -0.05) is 26.0 Å². The number of halogens is 1. The average Bonchev–Trinajstić information content (AvgIpc) is 2.97. The molecular weight excluding hydrogens is 387 g/mol. The second-order valence-corrected chi connectivity index (χ2v) is 11.3. The standard InChI is InChI=1S/C23H32BClO4/c1-21(2,3)27-20(26)15-9-7-8-14(10-15)11-19(25)24-28-18-13-16-12-17(22(16,4)5)23(18,6)29-24/h7-10,16-19H,11-13H2,1-6H3/t16-,17-,18+,19+,23-/m0/s1. The molecule has 1 saturated heterocycles. The van der Waals surface area contributed by atoms with Crippen LogP contribution in [-0.2, 0) is 20.5 Å². The molecule has 1 aliphatic heterocycles. The van der Waals surface area contributed by atoms with E-state index in [0.717, 1.165) is 12.0 Å². The van der Waals surface area contributed by atoms with Gasteiger partial charge in [-0.2, -0.15) is 0 Å². The molecule has 2 bridgehead atoms. The number of hydrogen-bond donors (Lipinski definition) is 0. The smallest absolute Gasteiger partial charge is 0.456 e. The molecule has 5 atom stereocenters. The summed E-state index contributed by atoms with van der Waals surface area (Å²) in [7, 11) is -0.424. The number of carbonyl (C=O) groups excluding carboxylic acids is 1. The van der Waals surface area contributed by atoms with Crippen molar-refractivity contribution in [3.05, 3.63) is 35.4 Å². The van der Waals surface area contributed by atoms with Crippen LogP contribution >= 0.6 is 11.6 Å². The molecule has 0 radical (unpaired) electrons. The van der Waals surface area contributed by atoms with Crippen LogP contribution in [0.25, 0.3) is 0 Å². The van der Waals surface area contributed by atoms with Gasteiger partial charge < -0.3 is 14.0 Å². The van der Waals surface area contributed by atoms with E-state index in [0.29, 0.717) is 29.2 Å². The lowest BCUT2D eigenvalue weighted by atomic mass is 9.43. The number of benzene rings is 1. The minimum Gasteiger partial charge on any atom is -0.456 e. The number of ether oxygens (including phenoxy) is 1. The molecule has 3 aliphatic carbocycles. The van der Waals surface area contributed by atoms with Gasteiger partial charge in [-0.05, 0) is 81.9 Å². The van der Waals surface area contributed by atoms with Gasteiger partial charge in [0.25, 0.3) is 0 Å². The van der Waals surface area contributed by atoms with Crippen molar-refractivity contribution >= 4 is 24.7 Å². The zero-order valence-corrected chi connectivity index (χ0v) is 19.1. The average molecular weight is 419 g/mol. The van der Waals surface area contributed by atoms with E-state index in [1.807, 2.05) is 39.0 Å². The first-order chi connectivity index (χ1) is 13.4. The van der Waals surface area contributed by atoms with Gasteiger partial charge in [-0.15, -0.1) is 11.6 Å². The molecule has 4 fully saturated rings. The van der Waals surface area contributed by atoms with Crippen LogP contribution in [0.15, 0.2) is 24.3 Å². The molecule has 4 aliphatic rings. The summed E-state index contributed by atoms with van der Waals surface area (Å²) in [5.41, 5.74) is 1.05. The van der Waals surface area contributed by atoms with E-state index in [1.54, 1.807) is 6.07 Å². The van der Waals surface area contributed by atoms with E-state index in [-0.39, 0.29) is 23.0 Å². The van der Waals surface area contributed by atoms with Crippen molar-refractivity contribution in [2.24, 2.45) is 17.3 Å². The maximum absolute atomic E-state index is 12.4. The van der Waals surface area contributed by atoms with Crippen molar-refractivity contribution in [2.45, 2.75) is 83.4 Å². The molecule has 0 amide bonds. The molecule has 29 heavy (non-hydrogen) atoms. The Labute approximate surface area is 179 Å². The Morgan fingerprint density at radius 3 is 2.69 bits per heavy atom. The molecule has 1 aromatic carbocycles. The highest BCUT2D eigenvalue weighted by atomic mass is 35.5. The van der Waals surface area contributed by atoms with Crippen molar-refractivity contribution in [3.63, 3.8) is 0 Å².